The second kappa shape index (κ2) is 7.24. The Morgan fingerprint density at radius 1 is 0.900 bits per heavy atom. The maximum atomic E-state index is 10.4. The zero-order valence-electron chi connectivity index (χ0n) is 12.8. The van der Waals surface area contributed by atoms with Crippen molar-refractivity contribution in [3.05, 3.63) is 0 Å². The minimum absolute atomic E-state index is 0.0379. The number of likely N-dealkylation sites (tertiary alicyclic amines) is 1. The Morgan fingerprint density at radius 2 is 1.65 bits per heavy atom. The van der Waals surface area contributed by atoms with Crippen LogP contribution in [0, 0.1) is 11.8 Å². The van der Waals surface area contributed by atoms with Gasteiger partial charge in [0.25, 0.3) is 0 Å². The van der Waals surface area contributed by atoms with Crippen LogP contribution in [-0.2, 0) is 4.74 Å². The van der Waals surface area contributed by atoms with Crippen LogP contribution in [0.15, 0.2) is 0 Å². The second-order valence-corrected chi connectivity index (χ2v) is 7.13. The minimum atomic E-state index is -0.0379. The van der Waals surface area contributed by atoms with E-state index in [9.17, 15) is 5.11 Å². The van der Waals surface area contributed by atoms with E-state index in [1.165, 1.54) is 64.5 Å². The minimum Gasteiger partial charge on any atom is -0.393 e. The maximum Gasteiger partial charge on any atom is 0.0583 e. The lowest BCUT2D eigenvalue weighted by atomic mass is 9.77. The monoisotopic (exact) mass is 281 g/mol. The smallest absolute Gasteiger partial charge is 0.0583 e. The third kappa shape index (κ3) is 3.55. The number of hydrogen-bond donors (Lipinski definition) is 1. The summed E-state index contributed by atoms with van der Waals surface area (Å²) in [5, 5.41) is 10.4. The van der Waals surface area contributed by atoms with Crippen molar-refractivity contribution in [2.45, 2.75) is 69.9 Å². The summed E-state index contributed by atoms with van der Waals surface area (Å²) in [6.07, 6.45) is 11.3. The van der Waals surface area contributed by atoms with Gasteiger partial charge in [-0.25, -0.2) is 0 Å². The van der Waals surface area contributed by atoms with Crippen LogP contribution in [0.25, 0.3) is 0 Å². The molecular formula is C17H31NO2. The lowest BCUT2D eigenvalue weighted by Gasteiger charge is -2.45. The van der Waals surface area contributed by atoms with E-state index in [4.69, 9.17) is 4.74 Å². The first kappa shape index (κ1) is 14.8. The summed E-state index contributed by atoms with van der Waals surface area (Å²) in [6, 6.07) is 0.655. The van der Waals surface area contributed by atoms with Gasteiger partial charge in [0, 0.05) is 31.7 Å². The van der Waals surface area contributed by atoms with Crippen LogP contribution in [0.1, 0.15) is 57.8 Å². The molecule has 1 N–H and O–H groups in total. The van der Waals surface area contributed by atoms with Gasteiger partial charge in [0.05, 0.1) is 6.10 Å². The molecule has 0 bridgehead atoms. The highest BCUT2D eigenvalue weighted by Gasteiger charge is 2.36. The van der Waals surface area contributed by atoms with Crippen molar-refractivity contribution in [3.8, 4) is 0 Å². The molecule has 2 aliphatic heterocycles. The highest BCUT2D eigenvalue weighted by molar-refractivity contribution is 4.89. The van der Waals surface area contributed by atoms with Crippen LogP contribution in [0.2, 0.25) is 0 Å². The van der Waals surface area contributed by atoms with E-state index in [0.717, 1.165) is 25.6 Å². The normalized spacial score (nSPS) is 38.0. The van der Waals surface area contributed by atoms with E-state index in [-0.39, 0.29) is 6.10 Å². The molecule has 3 fully saturated rings. The second-order valence-electron chi connectivity index (χ2n) is 7.13. The molecule has 3 rings (SSSR count). The first-order valence-electron chi connectivity index (χ1n) is 8.84. The van der Waals surface area contributed by atoms with Gasteiger partial charge < -0.3 is 9.84 Å². The van der Waals surface area contributed by atoms with Gasteiger partial charge in [-0.05, 0) is 51.0 Å². The molecule has 3 aliphatic rings. The van der Waals surface area contributed by atoms with Crippen LogP contribution in [0.3, 0.4) is 0 Å². The lowest BCUT2D eigenvalue weighted by molar-refractivity contribution is -0.0205. The molecule has 3 unspecified atom stereocenters. The Labute approximate surface area is 123 Å². The maximum absolute atomic E-state index is 10.4. The van der Waals surface area contributed by atoms with Crippen LogP contribution >= 0.6 is 0 Å². The Bertz CT molecular complexity index is 291. The molecule has 0 spiro atoms. The third-order valence-corrected chi connectivity index (χ3v) is 5.77. The van der Waals surface area contributed by atoms with Gasteiger partial charge in [-0.1, -0.05) is 19.3 Å². The van der Waals surface area contributed by atoms with E-state index in [1.54, 1.807) is 0 Å². The van der Waals surface area contributed by atoms with Gasteiger partial charge in [0.1, 0.15) is 0 Å². The fraction of sp³-hybridized carbons (Fsp3) is 1.00. The number of rotatable bonds is 3. The first-order chi connectivity index (χ1) is 9.84. The fourth-order valence-electron chi connectivity index (χ4n) is 4.58. The summed E-state index contributed by atoms with van der Waals surface area (Å²) in [4.78, 5) is 2.73. The molecule has 2 heterocycles. The van der Waals surface area contributed by atoms with Crippen LogP contribution in [-0.4, -0.2) is 48.5 Å². The largest absolute Gasteiger partial charge is 0.393 e. The van der Waals surface area contributed by atoms with Crippen LogP contribution in [0.5, 0.6) is 0 Å². The van der Waals surface area contributed by atoms with Crippen molar-refractivity contribution < 1.29 is 9.84 Å². The van der Waals surface area contributed by atoms with Gasteiger partial charge in [-0.15, -0.1) is 0 Å². The SMILES string of the molecule is OC1CCCCC1C1CCCCN1CC1CCOCC1. The van der Waals surface area contributed by atoms with Gasteiger partial charge >= 0.3 is 0 Å². The van der Waals surface area contributed by atoms with Crippen molar-refractivity contribution in [2.24, 2.45) is 11.8 Å². The topological polar surface area (TPSA) is 32.7 Å². The van der Waals surface area contributed by atoms with E-state index in [0.29, 0.717) is 12.0 Å². The summed E-state index contributed by atoms with van der Waals surface area (Å²) in [7, 11) is 0. The van der Waals surface area contributed by atoms with Gasteiger partial charge in [-0.3, -0.25) is 4.90 Å². The number of aliphatic hydroxyl groups is 1. The number of hydrogen-bond acceptors (Lipinski definition) is 3. The molecule has 20 heavy (non-hydrogen) atoms. The van der Waals surface area contributed by atoms with Crippen molar-refractivity contribution in [1.29, 1.82) is 0 Å². The Kier molecular flexibility index (Phi) is 5.36. The zero-order chi connectivity index (χ0) is 13.8. The van der Waals surface area contributed by atoms with E-state index in [2.05, 4.69) is 4.90 Å². The highest BCUT2D eigenvalue weighted by atomic mass is 16.5. The summed E-state index contributed by atoms with van der Waals surface area (Å²) in [6.45, 7) is 4.41. The molecule has 3 heteroatoms. The summed E-state index contributed by atoms with van der Waals surface area (Å²) in [5.74, 6) is 1.37. The fourth-order valence-corrected chi connectivity index (χ4v) is 4.58. The first-order valence-corrected chi connectivity index (χ1v) is 8.84. The van der Waals surface area contributed by atoms with Crippen molar-refractivity contribution in [3.63, 3.8) is 0 Å². The predicted octanol–water partition coefficient (Wildman–Crippen LogP) is 2.82. The molecule has 0 radical (unpaired) electrons. The van der Waals surface area contributed by atoms with E-state index >= 15 is 0 Å². The molecule has 0 amide bonds. The molecule has 116 valence electrons. The molecule has 2 saturated heterocycles. The molecule has 3 atom stereocenters. The zero-order valence-corrected chi connectivity index (χ0v) is 12.8. The molecule has 1 aliphatic carbocycles. The number of ether oxygens (including phenoxy) is 1. The molecule has 0 aromatic carbocycles. The van der Waals surface area contributed by atoms with Gasteiger partial charge in [-0.2, -0.15) is 0 Å². The highest BCUT2D eigenvalue weighted by Crippen LogP contribution is 2.35. The molecule has 1 saturated carbocycles. The predicted molar refractivity (Wildman–Crippen MR) is 80.7 cm³/mol. The standard InChI is InChI=1S/C17H31NO2/c19-17-7-2-1-5-15(17)16-6-3-4-10-18(16)13-14-8-11-20-12-9-14/h14-17,19H,1-13H2. The number of nitrogens with zero attached hydrogens (tertiary/aromatic N) is 1. The molecule has 3 nitrogen and oxygen atoms in total. The van der Waals surface area contributed by atoms with Gasteiger partial charge in [0.15, 0.2) is 0 Å². The molecule has 0 aromatic heterocycles. The summed E-state index contributed by atoms with van der Waals surface area (Å²) in [5.41, 5.74) is 0. The average molecular weight is 281 g/mol. The Balaban J connectivity index is 1.60. The third-order valence-electron chi connectivity index (χ3n) is 5.77. The summed E-state index contributed by atoms with van der Waals surface area (Å²) < 4.78 is 5.49. The summed E-state index contributed by atoms with van der Waals surface area (Å²) >= 11 is 0. The van der Waals surface area contributed by atoms with Crippen molar-refractivity contribution in [2.75, 3.05) is 26.3 Å². The number of piperidine rings is 1. The Morgan fingerprint density at radius 3 is 2.45 bits per heavy atom. The van der Waals surface area contributed by atoms with Crippen molar-refractivity contribution >= 4 is 0 Å². The van der Waals surface area contributed by atoms with Crippen molar-refractivity contribution in [1.82, 2.24) is 4.90 Å². The number of aliphatic hydroxyl groups excluding tert-OH is 1. The van der Waals surface area contributed by atoms with Crippen LogP contribution < -0.4 is 0 Å². The van der Waals surface area contributed by atoms with Crippen LogP contribution in [0.4, 0.5) is 0 Å². The van der Waals surface area contributed by atoms with Gasteiger partial charge in [0.2, 0.25) is 0 Å². The van der Waals surface area contributed by atoms with E-state index < -0.39 is 0 Å². The molecular weight excluding hydrogens is 250 g/mol. The molecule has 0 aromatic rings. The average Bonchev–Trinajstić information content (AvgIpc) is 2.50. The Hall–Kier alpha value is -0.120. The quantitative estimate of drug-likeness (QED) is 0.863. The lowest BCUT2D eigenvalue weighted by Crippen LogP contribution is -2.50. The van der Waals surface area contributed by atoms with E-state index in [1.807, 2.05) is 0 Å².